The highest BCUT2D eigenvalue weighted by Gasteiger charge is 2.31. The minimum Gasteiger partial charge on any atom is -0.478 e. The number of rotatable bonds is 3. The highest BCUT2D eigenvalue weighted by Crippen LogP contribution is 2.33. The van der Waals surface area contributed by atoms with Crippen molar-refractivity contribution in [1.82, 2.24) is 9.88 Å². The molecule has 5 heteroatoms. The molecule has 1 saturated heterocycles. The van der Waals surface area contributed by atoms with Gasteiger partial charge in [-0.25, -0.2) is 9.78 Å². The number of nitrogens with zero attached hydrogens (tertiary/aromatic N) is 2. The van der Waals surface area contributed by atoms with E-state index < -0.39 is 5.97 Å². The number of aromatic carboxylic acids is 1. The zero-order valence-corrected chi connectivity index (χ0v) is 13.8. The third kappa shape index (κ3) is 3.02. The number of carboxylic acids is 1. The lowest BCUT2D eigenvalue weighted by Gasteiger charge is -2.25. The summed E-state index contributed by atoms with van der Waals surface area (Å²) in [6.07, 6.45) is 1.89. The van der Waals surface area contributed by atoms with Crippen LogP contribution in [0.25, 0.3) is 0 Å². The molecule has 0 radical (unpaired) electrons. The molecular weight excluding hydrogens is 304 g/mol. The van der Waals surface area contributed by atoms with Crippen LogP contribution in [0.2, 0.25) is 0 Å². The van der Waals surface area contributed by atoms with Crippen molar-refractivity contribution in [2.75, 3.05) is 6.54 Å². The smallest absolute Gasteiger partial charge is 0.337 e. The van der Waals surface area contributed by atoms with Crippen molar-refractivity contribution >= 4 is 11.9 Å². The molecule has 1 aliphatic rings. The molecule has 0 saturated carbocycles. The molecule has 5 nitrogen and oxygen atoms in total. The van der Waals surface area contributed by atoms with E-state index in [0.29, 0.717) is 17.9 Å². The van der Waals surface area contributed by atoms with Crippen LogP contribution < -0.4 is 0 Å². The maximum absolute atomic E-state index is 12.9. The van der Waals surface area contributed by atoms with Gasteiger partial charge in [-0.1, -0.05) is 29.8 Å². The molecule has 1 unspecified atom stereocenters. The molecular formula is C19H20N2O3. The standard InChI is InChI=1S/C19H20N2O3/c1-12-5-3-6-14(11-12)17-7-4-10-21(17)18(22)16-9-8-15(19(23)24)13(2)20-16/h3,5-6,8-9,11,17H,4,7,10H2,1-2H3,(H,23,24). The fourth-order valence-corrected chi connectivity index (χ4v) is 3.29. The maximum Gasteiger partial charge on any atom is 0.337 e. The Bertz CT molecular complexity index is 801. The van der Waals surface area contributed by atoms with Crippen LogP contribution in [-0.4, -0.2) is 33.4 Å². The monoisotopic (exact) mass is 324 g/mol. The van der Waals surface area contributed by atoms with Crippen molar-refractivity contribution in [2.24, 2.45) is 0 Å². The molecule has 0 aliphatic carbocycles. The summed E-state index contributed by atoms with van der Waals surface area (Å²) >= 11 is 0. The van der Waals surface area contributed by atoms with Crippen LogP contribution in [0, 0.1) is 13.8 Å². The van der Waals surface area contributed by atoms with Gasteiger partial charge in [-0.2, -0.15) is 0 Å². The third-order valence-corrected chi connectivity index (χ3v) is 4.48. The van der Waals surface area contributed by atoms with Gasteiger partial charge in [0.1, 0.15) is 5.69 Å². The topological polar surface area (TPSA) is 70.5 Å². The molecule has 1 aliphatic heterocycles. The minimum atomic E-state index is -1.03. The van der Waals surface area contributed by atoms with Gasteiger partial charge in [0.15, 0.2) is 0 Å². The van der Waals surface area contributed by atoms with Gasteiger partial charge in [0.05, 0.1) is 17.3 Å². The zero-order chi connectivity index (χ0) is 17.3. The van der Waals surface area contributed by atoms with Crippen molar-refractivity contribution in [3.05, 3.63) is 64.5 Å². The Morgan fingerprint density at radius 2 is 2.00 bits per heavy atom. The third-order valence-electron chi connectivity index (χ3n) is 4.48. The largest absolute Gasteiger partial charge is 0.478 e. The number of hydrogen-bond donors (Lipinski definition) is 1. The summed E-state index contributed by atoms with van der Waals surface area (Å²) < 4.78 is 0. The number of pyridine rings is 1. The van der Waals surface area contributed by atoms with Crippen LogP contribution in [-0.2, 0) is 0 Å². The van der Waals surface area contributed by atoms with Gasteiger partial charge >= 0.3 is 5.97 Å². The van der Waals surface area contributed by atoms with E-state index in [1.54, 1.807) is 6.92 Å². The highest BCUT2D eigenvalue weighted by atomic mass is 16.4. The molecule has 1 N–H and O–H groups in total. The van der Waals surface area contributed by atoms with Gasteiger partial charge < -0.3 is 10.0 Å². The summed E-state index contributed by atoms with van der Waals surface area (Å²) in [5, 5.41) is 9.09. The summed E-state index contributed by atoms with van der Waals surface area (Å²) in [6.45, 7) is 4.35. The van der Waals surface area contributed by atoms with Crippen molar-refractivity contribution in [1.29, 1.82) is 0 Å². The molecule has 1 amide bonds. The van der Waals surface area contributed by atoms with Crippen molar-refractivity contribution in [3.63, 3.8) is 0 Å². The summed E-state index contributed by atoms with van der Waals surface area (Å²) in [4.78, 5) is 30.0. The number of likely N-dealkylation sites (tertiary alicyclic amines) is 1. The van der Waals surface area contributed by atoms with Crippen molar-refractivity contribution < 1.29 is 14.7 Å². The Morgan fingerprint density at radius 3 is 2.67 bits per heavy atom. The average molecular weight is 324 g/mol. The van der Waals surface area contributed by atoms with Crippen LogP contribution in [0.5, 0.6) is 0 Å². The number of carboxylic acid groups (broad SMARTS) is 1. The van der Waals surface area contributed by atoms with E-state index in [2.05, 4.69) is 17.1 Å². The molecule has 3 rings (SSSR count). The molecule has 1 aromatic carbocycles. The molecule has 2 heterocycles. The summed E-state index contributed by atoms with van der Waals surface area (Å²) in [6, 6.07) is 11.2. The first-order valence-corrected chi connectivity index (χ1v) is 8.06. The molecule has 2 aromatic rings. The van der Waals surface area contributed by atoms with E-state index in [-0.39, 0.29) is 17.5 Å². The fraction of sp³-hybridized carbons (Fsp3) is 0.316. The Balaban J connectivity index is 1.89. The quantitative estimate of drug-likeness (QED) is 0.939. The molecule has 0 spiro atoms. The second kappa shape index (κ2) is 6.43. The summed E-state index contributed by atoms with van der Waals surface area (Å²) in [5.74, 6) is -1.17. The van der Waals surface area contributed by atoms with Crippen LogP contribution in [0.4, 0.5) is 0 Å². The lowest BCUT2D eigenvalue weighted by Crippen LogP contribution is -2.31. The molecule has 24 heavy (non-hydrogen) atoms. The number of aromatic nitrogens is 1. The van der Waals surface area contributed by atoms with E-state index in [1.165, 1.54) is 17.7 Å². The maximum atomic E-state index is 12.9. The number of carbonyl (C=O) groups excluding carboxylic acids is 1. The first-order valence-electron chi connectivity index (χ1n) is 8.06. The Hall–Kier alpha value is -2.69. The highest BCUT2D eigenvalue weighted by molar-refractivity contribution is 5.94. The molecule has 0 bridgehead atoms. The van der Waals surface area contributed by atoms with Crippen LogP contribution >= 0.6 is 0 Å². The Kier molecular flexibility index (Phi) is 4.34. The first-order chi connectivity index (χ1) is 11.5. The van der Waals surface area contributed by atoms with E-state index in [0.717, 1.165) is 18.4 Å². The van der Waals surface area contributed by atoms with Crippen LogP contribution in [0.15, 0.2) is 36.4 Å². The number of carbonyl (C=O) groups is 2. The van der Waals surface area contributed by atoms with E-state index in [9.17, 15) is 9.59 Å². The number of benzene rings is 1. The minimum absolute atomic E-state index is 0.0543. The van der Waals surface area contributed by atoms with Gasteiger partial charge in [-0.05, 0) is 44.4 Å². The van der Waals surface area contributed by atoms with Gasteiger partial charge in [0.25, 0.3) is 5.91 Å². The molecule has 1 aromatic heterocycles. The van der Waals surface area contributed by atoms with E-state index >= 15 is 0 Å². The second-order valence-corrected chi connectivity index (χ2v) is 6.21. The lowest BCUT2D eigenvalue weighted by atomic mass is 10.0. The second-order valence-electron chi connectivity index (χ2n) is 6.21. The van der Waals surface area contributed by atoms with Gasteiger partial charge in [-0.15, -0.1) is 0 Å². The zero-order valence-electron chi connectivity index (χ0n) is 13.8. The molecule has 1 fully saturated rings. The van der Waals surface area contributed by atoms with Crippen LogP contribution in [0.3, 0.4) is 0 Å². The van der Waals surface area contributed by atoms with E-state index in [1.807, 2.05) is 24.0 Å². The van der Waals surface area contributed by atoms with Gasteiger partial charge in [0, 0.05) is 6.54 Å². The predicted octanol–water partition coefficient (Wildman–Crippen LogP) is 3.37. The predicted molar refractivity (Wildman–Crippen MR) is 90.1 cm³/mol. The van der Waals surface area contributed by atoms with Gasteiger partial charge in [0.2, 0.25) is 0 Å². The van der Waals surface area contributed by atoms with Crippen molar-refractivity contribution in [2.45, 2.75) is 32.7 Å². The number of hydrogen-bond acceptors (Lipinski definition) is 3. The molecule has 1 atom stereocenters. The SMILES string of the molecule is Cc1cccc(C2CCCN2C(=O)c2ccc(C(=O)O)c(C)n2)c1. The average Bonchev–Trinajstić information content (AvgIpc) is 3.03. The van der Waals surface area contributed by atoms with Gasteiger partial charge in [-0.3, -0.25) is 4.79 Å². The lowest BCUT2D eigenvalue weighted by molar-refractivity contribution is 0.0689. The van der Waals surface area contributed by atoms with Crippen molar-refractivity contribution in [3.8, 4) is 0 Å². The summed E-state index contributed by atoms with van der Waals surface area (Å²) in [5.41, 5.74) is 3.10. The Morgan fingerprint density at radius 1 is 1.21 bits per heavy atom. The van der Waals surface area contributed by atoms with Crippen LogP contribution in [0.1, 0.15) is 56.6 Å². The first kappa shape index (κ1) is 16.2. The Labute approximate surface area is 140 Å². The number of amides is 1. The van der Waals surface area contributed by atoms with E-state index in [4.69, 9.17) is 5.11 Å². The fourth-order valence-electron chi connectivity index (χ4n) is 3.29. The normalized spacial score (nSPS) is 17.1. The molecule has 124 valence electrons. The number of aryl methyl sites for hydroxylation is 2. The summed E-state index contributed by atoms with van der Waals surface area (Å²) in [7, 11) is 0.